The van der Waals surface area contributed by atoms with E-state index in [0.717, 1.165) is 89.0 Å². The quantitative estimate of drug-likeness (QED) is 0.0488. The molecular formula is C88H89N9O4. The first-order chi connectivity index (χ1) is 48.3. The molecule has 4 aliphatic rings. The Labute approximate surface area is 594 Å². The number of fused-ring (bicyclic) bond motifs is 5. The van der Waals surface area contributed by atoms with Crippen molar-refractivity contribution in [3.8, 4) is 0 Å². The number of rotatable bonds is 17. The maximum absolute atomic E-state index is 15.3. The Balaban J connectivity index is 0.976. The van der Waals surface area contributed by atoms with Crippen LogP contribution in [-0.2, 0) is 0 Å². The van der Waals surface area contributed by atoms with Gasteiger partial charge in [-0.15, -0.1) is 0 Å². The Hall–Kier alpha value is -10.8. The number of carbonyl (C=O) groups excluding carboxylic acids is 4. The first-order valence-corrected chi connectivity index (χ1v) is 35.6. The average Bonchev–Trinajstić information content (AvgIpc) is 1.58. The largest absolute Gasteiger partial charge is 0.288 e. The minimum atomic E-state index is -0.446. The predicted molar refractivity (Wildman–Crippen MR) is 414 cm³/mol. The number of pyridine rings is 1. The molecule has 13 rings (SSSR count). The Bertz CT molecular complexity index is 4930. The van der Waals surface area contributed by atoms with Crippen LogP contribution >= 0.6 is 0 Å². The van der Waals surface area contributed by atoms with Crippen LogP contribution in [0.2, 0.25) is 0 Å². The Morgan fingerprint density at radius 3 is 1.18 bits per heavy atom. The smallest absolute Gasteiger partial charge is 0.216 e. The van der Waals surface area contributed by atoms with Crippen LogP contribution < -0.4 is 19.6 Å². The highest BCUT2D eigenvalue weighted by Gasteiger charge is 2.44. The molecule has 0 bridgehead atoms. The summed E-state index contributed by atoms with van der Waals surface area (Å²) in [5.41, 5.74) is 15.7. The number of hydrogen-bond acceptors (Lipinski definition) is 13. The topological polar surface area (TPSA) is 145 Å². The van der Waals surface area contributed by atoms with Crippen LogP contribution in [0.5, 0.6) is 0 Å². The third-order valence-corrected chi connectivity index (χ3v) is 20.2. The summed E-state index contributed by atoms with van der Waals surface area (Å²) in [6.07, 6.45) is 10.6. The van der Waals surface area contributed by atoms with E-state index in [-0.39, 0.29) is 81.3 Å². The van der Waals surface area contributed by atoms with Crippen molar-refractivity contribution in [3.05, 3.63) is 277 Å². The number of allylic oxidation sites excluding steroid dienone is 6. The number of anilines is 6. The number of para-hydroxylation sites is 5. The van der Waals surface area contributed by atoms with Crippen LogP contribution in [0.25, 0.3) is 21.7 Å². The predicted octanol–water partition coefficient (Wildman–Crippen LogP) is 21.8. The van der Waals surface area contributed by atoms with E-state index in [1.807, 2.05) is 73.7 Å². The van der Waals surface area contributed by atoms with Gasteiger partial charge in [0.25, 0.3) is 0 Å². The summed E-state index contributed by atoms with van der Waals surface area (Å²) in [7, 11) is 0. The van der Waals surface area contributed by atoms with Crippen molar-refractivity contribution in [2.45, 2.75) is 165 Å². The lowest BCUT2D eigenvalue weighted by Crippen LogP contribution is -2.28. The molecule has 0 saturated carbocycles. The molecule has 2 aromatic heterocycles. The van der Waals surface area contributed by atoms with E-state index in [0.29, 0.717) is 57.3 Å². The van der Waals surface area contributed by atoms with Crippen molar-refractivity contribution < 1.29 is 19.2 Å². The monoisotopic (exact) mass is 1340 g/mol. The second-order valence-electron chi connectivity index (χ2n) is 29.5. The molecular weight excluding hydrogens is 1250 g/mol. The van der Waals surface area contributed by atoms with E-state index < -0.39 is 11.6 Å². The summed E-state index contributed by atoms with van der Waals surface area (Å²) in [5, 5.41) is 2.30. The summed E-state index contributed by atoms with van der Waals surface area (Å²) in [6, 6.07) is 44.7. The lowest BCUT2D eigenvalue weighted by Gasteiger charge is -2.33. The van der Waals surface area contributed by atoms with Gasteiger partial charge in [-0.1, -0.05) is 214 Å². The van der Waals surface area contributed by atoms with Crippen LogP contribution in [-0.4, -0.2) is 50.5 Å². The van der Waals surface area contributed by atoms with E-state index in [9.17, 15) is 9.59 Å². The number of aliphatic imine (C=N–C) groups is 2. The average molecular weight is 1340 g/mol. The third-order valence-electron chi connectivity index (χ3n) is 20.2. The first kappa shape index (κ1) is 68.7. The second kappa shape index (κ2) is 27.0. The Kier molecular flexibility index (Phi) is 18.4. The van der Waals surface area contributed by atoms with Gasteiger partial charge < -0.3 is 0 Å². The zero-order valence-corrected chi connectivity index (χ0v) is 61.1. The highest BCUT2D eigenvalue weighted by molar-refractivity contribution is 6.41. The van der Waals surface area contributed by atoms with Crippen molar-refractivity contribution in [2.24, 2.45) is 9.98 Å². The molecule has 101 heavy (non-hydrogen) atoms. The molecule has 0 atom stereocenters. The summed E-state index contributed by atoms with van der Waals surface area (Å²) in [5.74, 6) is 2.64. The molecule has 2 aliphatic carbocycles. The van der Waals surface area contributed by atoms with Gasteiger partial charge in [-0.05, 0) is 176 Å². The van der Waals surface area contributed by atoms with E-state index in [2.05, 4.69) is 210 Å². The van der Waals surface area contributed by atoms with Gasteiger partial charge in [0.15, 0.2) is 40.6 Å². The normalized spacial score (nSPS) is 16.2. The molecule has 0 unspecified atom stereocenters. The molecule has 7 aromatic carbocycles. The van der Waals surface area contributed by atoms with Crippen molar-refractivity contribution >= 4 is 91.6 Å². The molecule has 2 aliphatic heterocycles. The minimum absolute atomic E-state index is 0.00136. The maximum Gasteiger partial charge on any atom is 0.216 e. The lowest BCUT2D eigenvalue weighted by atomic mass is 9.91. The van der Waals surface area contributed by atoms with Crippen molar-refractivity contribution in [3.63, 3.8) is 0 Å². The van der Waals surface area contributed by atoms with E-state index in [4.69, 9.17) is 24.9 Å². The van der Waals surface area contributed by atoms with Gasteiger partial charge >= 0.3 is 0 Å². The molecule has 0 amide bonds. The number of Topliss-reactive ketones (excluding diaryl/α,β-unsaturated/α-hetero) is 4. The fourth-order valence-electron chi connectivity index (χ4n) is 14.9. The van der Waals surface area contributed by atoms with E-state index in [1.165, 1.54) is 0 Å². The summed E-state index contributed by atoms with van der Waals surface area (Å²) >= 11 is 0. The van der Waals surface area contributed by atoms with Crippen molar-refractivity contribution in [2.75, 3.05) is 19.6 Å². The molecule has 13 nitrogen and oxygen atoms in total. The Morgan fingerprint density at radius 1 is 0.386 bits per heavy atom. The number of nitrogens with zero attached hydrogens (tertiary/aromatic N) is 9. The summed E-state index contributed by atoms with van der Waals surface area (Å²) < 4.78 is 0. The summed E-state index contributed by atoms with van der Waals surface area (Å²) in [4.78, 5) is 94.0. The molecule has 0 saturated heterocycles. The van der Waals surface area contributed by atoms with Gasteiger partial charge in [-0.3, -0.25) is 38.8 Å². The number of carbonyl (C=O) groups is 4. The van der Waals surface area contributed by atoms with Crippen LogP contribution in [0.4, 0.5) is 34.4 Å². The number of benzene rings is 7. The molecule has 510 valence electrons. The van der Waals surface area contributed by atoms with Crippen LogP contribution in [0, 0.1) is 0 Å². The molecule has 4 heterocycles. The highest BCUT2D eigenvalue weighted by atomic mass is 16.2. The zero-order chi connectivity index (χ0) is 71.9. The fraction of sp³-hybridized carbons (Fsp3) is 0.284. The van der Waals surface area contributed by atoms with Crippen LogP contribution in [0.3, 0.4) is 0 Å². The lowest BCUT2D eigenvalue weighted by molar-refractivity contribution is 0.0972. The number of ketones is 4. The van der Waals surface area contributed by atoms with Gasteiger partial charge in [0.1, 0.15) is 17.3 Å². The van der Waals surface area contributed by atoms with Crippen LogP contribution in [0.1, 0.15) is 257 Å². The molecule has 0 radical (unpaired) electrons. The summed E-state index contributed by atoms with van der Waals surface area (Å²) in [6.45, 7) is 41.3. The fourth-order valence-corrected chi connectivity index (χ4v) is 14.9. The Morgan fingerprint density at radius 2 is 0.752 bits per heavy atom. The maximum atomic E-state index is 15.3. The molecule has 13 heteroatoms. The molecule has 0 N–H and O–H groups in total. The first-order valence-electron chi connectivity index (χ1n) is 35.6. The van der Waals surface area contributed by atoms with Crippen molar-refractivity contribution in [1.29, 1.82) is 0 Å². The third kappa shape index (κ3) is 11.8. The minimum Gasteiger partial charge on any atom is -0.288 e. The van der Waals surface area contributed by atoms with Gasteiger partial charge in [0.05, 0.1) is 45.0 Å². The highest BCUT2D eigenvalue weighted by Crippen LogP contribution is 2.55. The van der Waals surface area contributed by atoms with Gasteiger partial charge in [-0.2, -0.15) is 0 Å². The molecule has 9 aromatic rings. The van der Waals surface area contributed by atoms with E-state index >= 15 is 9.59 Å². The number of aromatic nitrogens is 3. The standard InChI is InChI=1S/C88H89N9O4/c1-47(2)60-26-21-27-61(48(3)4)77(60)94-74(40-38-69-83(100)72-45-58-25-19-20-34-73(58)93-76(72)84(69)101)97(80-66(53(13)14)32-24-33-67(80)54(15)16)88(85(94)89-18)92-55(17)56-35-36-57-44-70-71(46-59(57)43-56)82(99)68(81(70)98)37-39-75-95(78-62(49(5)6)28-22-29-63(78)50(7)8)86-87(91-42-41-90-86)96(75)79-64(51(9)10)30-23-31-65(79)52(11)12/h19-54H,18H2,1-17H3/b68-37-,69-38-,74-40-,92-55+. The van der Waals surface area contributed by atoms with Crippen LogP contribution in [0.15, 0.2) is 215 Å². The number of hydrogen-bond donors (Lipinski definition) is 0. The molecule has 0 spiro atoms. The van der Waals surface area contributed by atoms with E-state index in [1.54, 1.807) is 30.6 Å². The van der Waals surface area contributed by atoms with Gasteiger partial charge in [0.2, 0.25) is 5.78 Å². The zero-order valence-electron chi connectivity index (χ0n) is 61.1. The van der Waals surface area contributed by atoms with Gasteiger partial charge in [0, 0.05) is 34.6 Å². The van der Waals surface area contributed by atoms with Gasteiger partial charge in [-0.25, -0.2) is 24.9 Å². The SMILES string of the molecule is C=NC1=C(/N=C(\C)c2ccc3cc4c(cc3c2)C(=O)/C(=C\C=C2N(c3c(C(C)C)cccc3C(C)C)c3nccnc3N2c2c(C(C)C)cccc2C(C)C)C4=O)N(c2c(C(C)C)cccc2C(C)C)/C(=C\C=C2\C(=O)c3cc4ccccc4nc3C2=O)N1c1c(C(C)C)cccc1C(C)C. The van der Waals surface area contributed by atoms with Crippen molar-refractivity contribution in [1.82, 2.24) is 15.0 Å². The molecule has 0 fully saturated rings. The second-order valence-corrected chi connectivity index (χ2v) is 29.5.